The van der Waals surface area contributed by atoms with E-state index in [1.54, 1.807) is 0 Å². The van der Waals surface area contributed by atoms with Gasteiger partial charge in [0.1, 0.15) is 5.82 Å². The molecule has 0 radical (unpaired) electrons. The first kappa shape index (κ1) is 27.4. The van der Waals surface area contributed by atoms with Crippen LogP contribution in [0.2, 0.25) is 0 Å². The second kappa shape index (κ2) is 14.3. The summed E-state index contributed by atoms with van der Waals surface area (Å²) in [6.45, 7) is 4.30. The Morgan fingerprint density at radius 1 is 0.658 bits per heavy atom. The van der Waals surface area contributed by atoms with Gasteiger partial charge in [0.05, 0.1) is 0 Å². The third-order valence-corrected chi connectivity index (χ3v) is 7.20. The summed E-state index contributed by atoms with van der Waals surface area (Å²) in [6.07, 6.45) is 14.2. The van der Waals surface area contributed by atoms with Crippen LogP contribution in [0.1, 0.15) is 79.3 Å². The van der Waals surface area contributed by atoms with Crippen molar-refractivity contribution in [1.82, 2.24) is 0 Å². The van der Waals surface area contributed by atoms with Gasteiger partial charge in [-0.05, 0) is 97.4 Å². The summed E-state index contributed by atoms with van der Waals surface area (Å²) in [5.74, 6) is 6.38. The molecular formula is C37H39F. The van der Waals surface area contributed by atoms with E-state index in [0.29, 0.717) is 11.8 Å². The van der Waals surface area contributed by atoms with Crippen molar-refractivity contribution in [3.63, 3.8) is 0 Å². The summed E-state index contributed by atoms with van der Waals surface area (Å²) in [5, 5.41) is 1.56. The van der Waals surface area contributed by atoms with Gasteiger partial charge in [-0.15, -0.1) is 0 Å². The van der Waals surface area contributed by atoms with Gasteiger partial charge in [0.25, 0.3) is 0 Å². The van der Waals surface area contributed by atoms with Crippen LogP contribution in [0, 0.1) is 17.7 Å². The number of benzene rings is 4. The minimum absolute atomic E-state index is 0.108. The van der Waals surface area contributed by atoms with Crippen molar-refractivity contribution in [2.24, 2.45) is 0 Å². The Morgan fingerprint density at radius 2 is 1.32 bits per heavy atom. The molecule has 0 bridgehead atoms. The molecule has 0 amide bonds. The maximum Gasteiger partial charge on any atom is 0.134 e. The van der Waals surface area contributed by atoms with E-state index in [4.69, 9.17) is 0 Å². The standard InChI is InChI=1S/C37H39F/c1-3-5-7-9-11-30-14-18-32(19-15-30)22-24-34-25-26-35-28-33(23-27-36(35)37(34)38)21-20-31-16-12-29(13-17-31)10-8-6-4-2/h4,6,12-19,23,25-28H,3,5,7-11,22,24H2,1-2H3/b6-4+. The normalized spacial score (nSPS) is 11.1. The Hall–Kier alpha value is -3.63. The highest BCUT2D eigenvalue weighted by atomic mass is 19.1. The number of hydrogen-bond donors (Lipinski definition) is 0. The van der Waals surface area contributed by atoms with Gasteiger partial charge in [-0.1, -0.05) is 105 Å². The molecule has 4 rings (SSSR count). The van der Waals surface area contributed by atoms with Gasteiger partial charge < -0.3 is 0 Å². The average molecular weight is 503 g/mol. The van der Waals surface area contributed by atoms with Gasteiger partial charge in [0, 0.05) is 16.5 Å². The number of allylic oxidation sites excluding steroid dienone is 2. The van der Waals surface area contributed by atoms with Crippen molar-refractivity contribution >= 4 is 10.8 Å². The summed E-state index contributed by atoms with van der Waals surface area (Å²) in [4.78, 5) is 0. The average Bonchev–Trinajstić information content (AvgIpc) is 2.95. The van der Waals surface area contributed by atoms with E-state index in [2.05, 4.69) is 86.4 Å². The fourth-order valence-electron chi connectivity index (χ4n) is 4.83. The topological polar surface area (TPSA) is 0 Å². The minimum Gasteiger partial charge on any atom is -0.206 e. The van der Waals surface area contributed by atoms with E-state index in [9.17, 15) is 0 Å². The molecule has 0 aliphatic carbocycles. The van der Waals surface area contributed by atoms with E-state index in [-0.39, 0.29) is 5.82 Å². The summed E-state index contributed by atoms with van der Waals surface area (Å²) in [6, 6.07) is 27.1. The van der Waals surface area contributed by atoms with Crippen LogP contribution >= 0.6 is 0 Å². The Labute approximate surface area is 228 Å². The maximum absolute atomic E-state index is 15.3. The quantitative estimate of drug-likeness (QED) is 0.109. The number of unbranched alkanes of at least 4 members (excludes halogenated alkanes) is 3. The monoisotopic (exact) mass is 502 g/mol. The first-order valence-corrected chi connectivity index (χ1v) is 14.2. The highest BCUT2D eigenvalue weighted by molar-refractivity contribution is 5.85. The van der Waals surface area contributed by atoms with Crippen LogP contribution in [0.4, 0.5) is 4.39 Å². The zero-order valence-corrected chi connectivity index (χ0v) is 22.9. The second-order valence-corrected chi connectivity index (χ2v) is 10.2. The van der Waals surface area contributed by atoms with Gasteiger partial charge in [-0.2, -0.15) is 0 Å². The fraction of sp³-hybridized carbons (Fsp3) is 0.297. The molecule has 0 nitrogen and oxygen atoms in total. The first-order chi connectivity index (χ1) is 18.7. The highest BCUT2D eigenvalue weighted by Gasteiger charge is 2.08. The lowest BCUT2D eigenvalue weighted by atomic mass is 9.98. The lowest BCUT2D eigenvalue weighted by Gasteiger charge is -2.08. The van der Waals surface area contributed by atoms with E-state index in [1.165, 1.54) is 42.4 Å². The predicted octanol–water partition coefficient (Wildman–Crippen LogP) is 9.80. The minimum atomic E-state index is -0.108. The van der Waals surface area contributed by atoms with Gasteiger partial charge >= 0.3 is 0 Å². The van der Waals surface area contributed by atoms with Gasteiger partial charge in [-0.25, -0.2) is 4.39 Å². The van der Waals surface area contributed by atoms with Crippen LogP contribution in [0.25, 0.3) is 10.8 Å². The number of aryl methyl sites for hydroxylation is 4. The van der Waals surface area contributed by atoms with Crippen molar-refractivity contribution in [1.29, 1.82) is 0 Å². The molecule has 0 heterocycles. The van der Waals surface area contributed by atoms with Crippen LogP contribution in [0.15, 0.2) is 91.0 Å². The summed E-state index contributed by atoms with van der Waals surface area (Å²) < 4.78 is 15.3. The van der Waals surface area contributed by atoms with E-state index >= 15 is 4.39 Å². The third-order valence-electron chi connectivity index (χ3n) is 7.20. The Morgan fingerprint density at radius 3 is 2.05 bits per heavy atom. The molecule has 0 spiro atoms. The summed E-state index contributed by atoms with van der Waals surface area (Å²) in [5.41, 5.74) is 6.65. The molecule has 38 heavy (non-hydrogen) atoms. The molecule has 0 unspecified atom stereocenters. The highest BCUT2D eigenvalue weighted by Crippen LogP contribution is 2.24. The van der Waals surface area contributed by atoms with Crippen LogP contribution in [-0.4, -0.2) is 0 Å². The maximum atomic E-state index is 15.3. The second-order valence-electron chi connectivity index (χ2n) is 10.2. The number of fused-ring (bicyclic) bond motifs is 1. The Kier molecular flexibility index (Phi) is 10.3. The first-order valence-electron chi connectivity index (χ1n) is 14.2. The zero-order chi connectivity index (χ0) is 26.6. The van der Waals surface area contributed by atoms with Crippen molar-refractivity contribution in [2.75, 3.05) is 0 Å². The van der Waals surface area contributed by atoms with Crippen LogP contribution in [0.3, 0.4) is 0 Å². The van der Waals surface area contributed by atoms with E-state index < -0.39 is 0 Å². The van der Waals surface area contributed by atoms with Gasteiger partial charge in [0.15, 0.2) is 0 Å². The van der Waals surface area contributed by atoms with Crippen molar-refractivity contribution in [2.45, 2.75) is 71.6 Å². The molecule has 0 atom stereocenters. The smallest absolute Gasteiger partial charge is 0.134 e. The molecule has 0 aliphatic heterocycles. The summed E-state index contributed by atoms with van der Waals surface area (Å²) in [7, 11) is 0. The number of hydrogen-bond acceptors (Lipinski definition) is 0. The molecule has 194 valence electrons. The van der Waals surface area contributed by atoms with Crippen LogP contribution in [-0.2, 0) is 25.7 Å². The van der Waals surface area contributed by atoms with Crippen LogP contribution < -0.4 is 0 Å². The van der Waals surface area contributed by atoms with Crippen LogP contribution in [0.5, 0.6) is 0 Å². The largest absolute Gasteiger partial charge is 0.206 e. The van der Waals surface area contributed by atoms with Gasteiger partial charge in [0.2, 0.25) is 0 Å². The Bertz CT molecular complexity index is 1400. The lowest BCUT2D eigenvalue weighted by molar-refractivity contribution is 0.620. The zero-order valence-electron chi connectivity index (χ0n) is 22.9. The number of halogens is 1. The molecule has 0 saturated carbocycles. The molecule has 0 aliphatic rings. The van der Waals surface area contributed by atoms with E-state index in [1.807, 2.05) is 30.3 Å². The fourth-order valence-corrected chi connectivity index (χ4v) is 4.83. The molecule has 0 saturated heterocycles. The molecule has 4 aromatic carbocycles. The summed E-state index contributed by atoms with van der Waals surface area (Å²) >= 11 is 0. The number of rotatable bonds is 11. The Balaban J connectivity index is 1.37. The van der Waals surface area contributed by atoms with Crippen molar-refractivity contribution in [3.8, 4) is 11.8 Å². The molecular weight excluding hydrogens is 463 g/mol. The molecule has 1 heteroatoms. The molecule has 4 aromatic rings. The SMILES string of the molecule is C/C=C/CCc1ccc(C#Cc2ccc3c(F)c(CCc4ccc(CCCCCC)cc4)ccc3c2)cc1. The van der Waals surface area contributed by atoms with Gasteiger partial charge in [-0.3, -0.25) is 0 Å². The molecule has 0 fully saturated rings. The third kappa shape index (κ3) is 7.93. The molecule has 0 aromatic heterocycles. The van der Waals surface area contributed by atoms with Crippen molar-refractivity contribution in [3.05, 3.63) is 130 Å². The molecule has 0 N–H and O–H groups in total. The predicted molar refractivity (Wildman–Crippen MR) is 161 cm³/mol. The van der Waals surface area contributed by atoms with Crippen molar-refractivity contribution < 1.29 is 4.39 Å². The lowest BCUT2D eigenvalue weighted by Crippen LogP contribution is -1.96. The van der Waals surface area contributed by atoms with E-state index in [0.717, 1.165) is 47.8 Å².